The van der Waals surface area contributed by atoms with E-state index in [9.17, 15) is 0 Å². The van der Waals surface area contributed by atoms with Crippen molar-refractivity contribution >= 4 is 28.6 Å². The minimum absolute atomic E-state index is 1.21. The summed E-state index contributed by atoms with van der Waals surface area (Å²) in [5.41, 5.74) is 7.41. The minimum Gasteiger partial charge on any atom is -0.378 e. The average molecular weight is 367 g/mol. The molecular weight excluding hydrogens is 340 g/mol. The van der Waals surface area contributed by atoms with E-state index in [1.165, 1.54) is 44.7 Å². The summed E-state index contributed by atoms with van der Waals surface area (Å²) >= 11 is 0. The Hall–Kier alpha value is -3.26. The molecule has 1 aromatic heterocycles. The highest BCUT2D eigenvalue weighted by Crippen LogP contribution is 2.25. The van der Waals surface area contributed by atoms with Gasteiger partial charge in [0.05, 0.1) is 0 Å². The summed E-state index contributed by atoms with van der Waals surface area (Å²) in [6, 6.07) is 26.0. The standard InChI is InChI=1S/C26H26N2/c1-19-16-22(20(2)28(19)25-8-6-5-7-9-25)12-10-21-11-13-24-18-26(27(3)4)15-14-23(24)17-21/h5-18H,1-4H3/b12-10+. The predicted molar refractivity (Wildman–Crippen MR) is 122 cm³/mol. The molecule has 0 saturated carbocycles. The topological polar surface area (TPSA) is 8.17 Å². The Bertz CT molecular complexity index is 1150. The van der Waals surface area contributed by atoms with Gasteiger partial charge in [-0.05, 0) is 72.1 Å². The van der Waals surface area contributed by atoms with Gasteiger partial charge in [0.1, 0.15) is 0 Å². The monoisotopic (exact) mass is 366 g/mol. The van der Waals surface area contributed by atoms with Crippen molar-refractivity contribution in [2.45, 2.75) is 13.8 Å². The number of rotatable bonds is 4. The lowest BCUT2D eigenvalue weighted by Gasteiger charge is -2.13. The van der Waals surface area contributed by atoms with Crippen LogP contribution in [0.2, 0.25) is 0 Å². The Morgan fingerprint density at radius 3 is 2.21 bits per heavy atom. The predicted octanol–water partition coefficient (Wildman–Crippen LogP) is 6.48. The first kappa shape index (κ1) is 18.1. The molecule has 1 heterocycles. The van der Waals surface area contributed by atoms with Crippen LogP contribution in [0.1, 0.15) is 22.5 Å². The molecule has 2 heteroatoms. The van der Waals surface area contributed by atoms with Crippen molar-refractivity contribution in [1.82, 2.24) is 4.57 Å². The lowest BCUT2D eigenvalue weighted by atomic mass is 10.0. The second kappa shape index (κ2) is 7.40. The lowest BCUT2D eigenvalue weighted by molar-refractivity contribution is 0.965. The van der Waals surface area contributed by atoms with E-state index < -0.39 is 0 Å². The van der Waals surface area contributed by atoms with Crippen LogP contribution in [-0.2, 0) is 0 Å². The Kier molecular flexibility index (Phi) is 4.79. The van der Waals surface area contributed by atoms with Crippen LogP contribution in [-0.4, -0.2) is 18.7 Å². The first-order chi connectivity index (χ1) is 13.5. The van der Waals surface area contributed by atoms with Crippen molar-refractivity contribution in [2.24, 2.45) is 0 Å². The van der Waals surface area contributed by atoms with Crippen LogP contribution in [0.25, 0.3) is 28.6 Å². The second-order valence-corrected chi connectivity index (χ2v) is 7.52. The maximum absolute atomic E-state index is 2.31. The highest BCUT2D eigenvalue weighted by atomic mass is 15.1. The Morgan fingerprint density at radius 1 is 0.750 bits per heavy atom. The number of anilines is 1. The van der Waals surface area contributed by atoms with Crippen LogP contribution in [0.3, 0.4) is 0 Å². The molecule has 4 aromatic rings. The molecule has 0 N–H and O–H groups in total. The van der Waals surface area contributed by atoms with Crippen molar-refractivity contribution in [3.8, 4) is 5.69 Å². The number of fused-ring (bicyclic) bond motifs is 1. The third kappa shape index (κ3) is 3.46. The van der Waals surface area contributed by atoms with Crippen molar-refractivity contribution in [3.63, 3.8) is 0 Å². The number of hydrogen-bond acceptors (Lipinski definition) is 1. The molecule has 28 heavy (non-hydrogen) atoms. The number of benzene rings is 3. The van der Waals surface area contributed by atoms with Gasteiger partial charge in [-0.25, -0.2) is 0 Å². The van der Waals surface area contributed by atoms with E-state index in [4.69, 9.17) is 0 Å². The zero-order valence-electron chi connectivity index (χ0n) is 17.0. The fourth-order valence-electron chi connectivity index (χ4n) is 3.75. The molecule has 0 radical (unpaired) electrons. The molecule has 0 unspecified atom stereocenters. The van der Waals surface area contributed by atoms with Crippen LogP contribution < -0.4 is 4.90 Å². The Morgan fingerprint density at radius 2 is 1.46 bits per heavy atom. The van der Waals surface area contributed by atoms with E-state index in [0.29, 0.717) is 0 Å². The number of aromatic nitrogens is 1. The van der Waals surface area contributed by atoms with Crippen molar-refractivity contribution < 1.29 is 0 Å². The highest BCUT2D eigenvalue weighted by Gasteiger charge is 2.08. The van der Waals surface area contributed by atoms with Crippen LogP contribution >= 0.6 is 0 Å². The molecule has 0 aliphatic heterocycles. The van der Waals surface area contributed by atoms with Gasteiger partial charge in [0.2, 0.25) is 0 Å². The highest BCUT2D eigenvalue weighted by molar-refractivity contribution is 5.88. The van der Waals surface area contributed by atoms with E-state index in [2.05, 4.69) is 122 Å². The van der Waals surface area contributed by atoms with E-state index >= 15 is 0 Å². The van der Waals surface area contributed by atoms with Crippen LogP contribution in [0.4, 0.5) is 5.69 Å². The summed E-state index contributed by atoms with van der Waals surface area (Å²) in [6.07, 6.45) is 4.42. The smallest absolute Gasteiger partial charge is 0.0455 e. The third-order valence-corrected chi connectivity index (χ3v) is 5.30. The number of nitrogens with zero attached hydrogens (tertiary/aromatic N) is 2. The molecule has 0 amide bonds. The average Bonchev–Trinajstić information content (AvgIpc) is 2.99. The Balaban J connectivity index is 1.65. The molecule has 3 aromatic carbocycles. The van der Waals surface area contributed by atoms with Gasteiger partial charge in [0, 0.05) is 36.9 Å². The molecule has 0 saturated heterocycles. The molecule has 0 spiro atoms. The largest absolute Gasteiger partial charge is 0.378 e. The number of aryl methyl sites for hydroxylation is 1. The minimum atomic E-state index is 1.21. The normalized spacial score (nSPS) is 11.4. The van der Waals surface area contributed by atoms with E-state index in [1.54, 1.807) is 0 Å². The van der Waals surface area contributed by atoms with E-state index in [0.717, 1.165) is 0 Å². The first-order valence-electron chi connectivity index (χ1n) is 9.66. The van der Waals surface area contributed by atoms with Gasteiger partial charge < -0.3 is 9.47 Å². The SMILES string of the molecule is Cc1cc(/C=C/c2ccc3cc(N(C)C)ccc3c2)c(C)n1-c1ccccc1. The van der Waals surface area contributed by atoms with Crippen LogP contribution in [0, 0.1) is 13.8 Å². The maximum atomic E-state index is 2.31. The molecule has 0 atom stereocenters. The first-order valence-corrected chi connectivity index (χ1v) is 9.66. The van der Waals surface area contributed by atoms with Crippen LogP contribution in [0.5, 0.6) is 0 Å². The summed E-state index contributed by atoms with van der Waals surface area (Å²) in [6.45, 7) is 4.35. The quantitative estimate of drug-likeness (QED) is 0.401. The maximum Gasteiger partial charge on any atom is 0.0455 e. The summed E-state index contributed by atoms with van der Waals surface area (Å²) in [4.78, 5) is 2.13. The summed E-state index contributed by atoms with van der Waals surface area (Å²) < 4.78 is 2.31. The van der Waals surface area contributed by atoms with Crippen LogP contribution in [0.15, 0.2) is 72.8 Å². The lowest BCUT2D eigenvalue weighted by Crippen LogP contribution is -2.07. The van der Waals surface area contributed by atoms with E-state index in [1.807, 2.05) is 0 Å². The molecule has 140 valence electrons. The van der Waals surface area contributed by atoms with Gasteiger partial charge in [-0.15, -0.1) is 0 Å². The summed E-state index contributed by atoms with van der Waals surface area (Å²) in [7, 11) is 4.15. The third-order valence-electron chi connectivity index (χ3n) is 5.30. The van der Waals surface area contributed by atoms with Gasteiger partial charge in [-0.3, -0.25) is 0 Å². The summed E-state index contributed by atoms with van der Waals surface area (Å²) in [5, 5.41) is 2.54. The summed E-state index contributed by atoms with van der Waals surface area (Å²) in [5.74, 6) is 0. The molecule has 2 nitrogen and oxygen atoms in total. The molecule has 0 aliphatic carbocycles. The number of para-hydroxylation sites is 1. The molecule has 0 aliphatic rings. The van der Waals surface area contributed by atoms with Gasteiger partial charge in [0.15, 0.2) is 0 Å². The molecule has 0 bridgehead atoms. The van der Waals surface area contributed by atoms with Gasteiger partial charge >= 0.3 is 0 Å². The molecule has 4 rings (SSSR count). The zero-order valence-corrected chi connectivity index (χ0v) is 17.0. The van der Waals surface area contributed by atoms with Gasteiger partial charge in [-0.2, -0.15) is 0 Å². The second-order valence-electron chi connectivity index (χ2n) is 7.52. The fraction of sp³-hybridized carbons (Fsp3) is 0.154. The zero-order chi connectivity index (χ0) is 19.7. The van der Waals surface area contributed by atoms with Gasteiger partial charge in [-0.1, -0.05) is 48.6 Å². The van der Waals surface area contributed by atoms with Crippen molar-refractivity contribution in [2.75, 3.05) is 19.0 Å². The number of hydrogen-bond donors (Lipinski definition) is 0. The van der Waals surface area contributed by atoms with Crippen molar-refractivity contribution in [1.29, 1.82) is 0 Å². The fourth-order valence-corrected chi connectivity index (χ4v) is 3.75. The molecule has 0 fully saturated rings. The molecular formula is C26H26N2. The van der Waals surface area contributed by atoms with Gasteiger partial charge in [0.25, 0.3) is 0 Å². The van der Waals surface area contributed by atoms with E-state index in [-0.39, 0.29) is 0 Å². The van der Waals surface area contributed by atoms with Crippen molar-refractivity contribution in [3.05, 3.63) is 95.3 Å². The Labute approximate surface area is 167 Å².